The van der Waals surface area contributed by atoms with Gasteiger partial charge in [-0.05, 0) is 13.8 Å². The Morgan fingerprint density at radius 3 is 2.48 bits per heavy atom. The van der Waals surface area contributed by atoms with E-state index in [-0.39, 0.29) is 11.3 Å². The van der Waals surface area contributed by atoms with Crippen LogP contribution in [0.3, 0.4) is 0 Å². The summed E-state index contributed by atoms with van der Waals surface area (Å²) >= 11 is 1.26. The second kappa shape index (κ2) is 6.26. The van der Waals surface area contributed by atoms with Crippen LogP contribution in [0.15, 0.2) is 35.3 Å². The number of aliphatic hydroxyl groups excluding tert-OH is 1. The summed E-state index contributed by atoms with van der Waals surface area (Å²) in [4.78, 5) is 30.6. The number of benzene rings is 1. The van der Waals surface area contributed by atoms with Crippen molar-refractivity contribution < 1.29 is 14.7 Å². The van der Waals surface area contributed by atoms with Crippen LogP contribution in [0, 0.1) is 13.8 Å². The van der Waals surface area contributed by atoms with Gasteiger partial charge >= 0.3 is 0 Å². The van der Waals surface area contributed by atoms with Crippen molar-refractivity contribution in [3.05, 3.63) is 51.5 Å². The van der Waals surface area contributed by atoms with E-state index < -0.39 is 5.91 Å². The van der Waals surface area contributed by atoms with Gasteiger partial charge in [0.2, 0.25) is 6.08 Å². The summed E-state index contributed by atoms with van der Waals surface area (Å²) in [5, 5.41) is 10.7. The molecule has 0 saturated heterocycles. The third kappa shape index (κ3) is 3.13. The first-order valence-corrected chi connectivity index (χ1v) is 6.91. The van der Waals surface area contributed by atoms with Crippen LogP contribution in [0.1, 0.15) is 21.1 Å². The number of carbonyl (C=O) groups is 1. The minimum Gasteiger partial charge on any atom is -0.506 e. The van der Waals surface area contributed by atoms with Gasteiger partial charge < -0.3 is 5.11 Å². The molecule has 0 fully saturated rings. The normalized spacial score (nSPS) is 11.5. The zero-order valence-electron chi connectivity index (χ0n) is 11.5. The fourth-order valence-electron chi connectivity index (χ4n) is 1.71. The minimum absolute atomic E-state index is 0.0919. The molecule has 2 rings (SSSR count). The zero-order chi connectivity index (χ0) is 15.4. The molecule has 0 aliphatic rings. The molecule has 1 N–H and O–H groups in total. The van der Waals surface area contributed by atoms with E-state index in [9.17, 15) is 14.7 Å². The van der Waals surface area contributed by atoms with Gasteiger partial charge in [0.15, 0.2) is 0 Å². The second-order valence-corrected chi connectivity index (χ2v) is 5.46. The highest BCUT2D eigenvalue weighted by atomic mass is 32.1. The molecule has 0 aliphatic carbocycles. The maximum absolute atomic E-state index is 12.0. The standard InChI is InChI=1S/C15H12N2O3S/c1-9-10(2)21-15(17-9)12(14(20)16-8-18)13(19)11-6-4-3-5-7-11/h3-7,19H,1-2H3/b13-12+. The van der Waals surface area contributed by atoms with Crippen molar-refractivity contribution in [1.82, 2.24) is 4.98 Å². The molecule has 0 saturated carbocycles. The van der Waals surface area contributed by atoms with Crippen LogP contribution in [-0.2, 0) is 9.59 Å². The summed E-state index contributed by atoms with van der Waals surface area (Å²) < 4.78 is 0. The van der Waals surface area contributed by atoms with Crippen LogP contribution in [0.2, 0.25) is 0 Å². The van der Waals surface area contributed by atoms with E-state index in [1.165, 1.54) is 17.4 Å². The number of carbonyl (C=O) groups excluding carboxylic acids is 2. The van der Waals surface area contributed by atoms with Crippen molar-refractivity contribution in [3.63, 3.8) is 0 Å². The molecule has 0 spiro atoms. The third-order valence-corrected chi connectivity index (χ3v) is 3.98. The largest absolute Gasteiger partial charge is 0.506 e. The molecule has 1 aromatic heterocycles. The summed E-state index contributed by atoms with van der Waals surface area (Å²) in [6.45, 7) is 3.67. The number of aryl methyl sites for hydroxylation is 2. The number of amides is 1. The van der Waals surface area contributed by atoms with Gasteiger partial charge in [-0.25, -0.2) is 9.78 Å². The summed E-state index contributed by atoms with van der Waals surface area (Å²) in [6.07, 6.45) is 1.20. The summed E-state index contributed by atoms with van der Waals surface area (Å²) in [5.41, 5.74) is 1.12. The lowest BCUT2D eigenvalue weighted by molar-refractivity contribution is -0.112. The number of hydrogen-bond donors (Lipinski definition) is 1. The first-order valence-electron chi connectivity index (χ1n) is 6.10. The van der Waals surface area contributed by atoms with Gasteiger partial charge in [-0.1, -0.05) is 30.3 Å². The maximum Gasteiger partial charge on any atom is 0.294 e. The Balaban J connectivity index is 2.66. The molecule has 5 nitrogen and oxygen atoms in total. The highest BCUT2D eigenvalue weighted by Crippen LogP contribution is 2.30. The van der Waals surface area contributed by atoms with E-state index in [1.54, 1.807) is 37.3 Å². The van der Waals surface area contributed by atoms with Gasteiger partial charge in [-0.15, -0.1) is 16.3 Å². The van der Waals surface area contributed by atoms with E-state index in [0.29, 0.717) is 10.6 Å². The molecule has 0 atom stereocenters. The van der Waals surface area contributed by atoms with Crippen molar-refractivity contribution >= 4 is 34.7 Å². The SMILES string of the molecule is Cc1nc(/C(C(=O)N=C=O)=C(/O)c2ccccc2)sc1C. The second-order valence-electron chi connectivity index (χ2n) is 4.26. The molecule has 1 heterocycles. The molecule has 0 aliphatic heterocycles. The molecule has 0 unspecified atom stereocenters. The summed E-state index contributed by atoms with van der Waals surface area (Å²) in [6, 6.07) is 8.56. The first-order chi connectivity index (χ1) is 10.0. The molecule has 6 heteroatoms. The number of isocyanates is 1. The Bertz CT molecular complexity index is 737. The number of hydrogen-bond acceptors (Lipinski definition) is 5. The molecular formula is C15H12N2O3S. The van der Waals surface area contributed by atoms with Crippen LogP contribution in [-0.4, -0.2) is 22.1 Å². The highest BCUT2D eigenvalue weighted by Gasteiger charge is 2.22. The maximum atomic E-state index is 12.0. The van der Waals surface area contributed by atoms with Crippen molar-refractivity contribution in [3.8, 4) is 0 Å². The Morgan fingerprint density at radius 1 is 1.29 bits per heavy atom. The van der Waals surface area contributed by atoms with Crippen LogP contribution in [0.25, 0.3) is 11.3 Å². The van der Waals surface area contributed by atoms with Gasteiger partial charge in [0, 0.05) is 10.4 Å². The average Bonchev–Trinajstić information content (AvgIpc) is 2.79. The third-order valence-electron chi connectivity index (χ3n) is 2.89. The Kier molecular flexibility index (Phi) is 4.42. The Morgan fingerprint density at radius 2 is 1.95 bits per heavy atom. The van der Waals surface area contributed by atoms with Crippen molar-refractivity contribution in [2.45, 2.75) is 13.8 Å². The Labute approximate surface area is 125 Å². The number of thiazole rings is 1. The predicted octanol–water partition coefficient (Wildman–Crippen LogP) is 3.05. The smallest absolute Gasteiger partial charge is 0.294 e. The molecule has 0 radical (unpaired) electrons. The van der Waals surface area contributed by atoms with Crippen LogP contribution < -0.4 is 0 Å². The minimum atomic E-state index is -0.861. The lowest BCUT2D eigenvalue weighted by Gasteiger charge is -2.05. The van der Waals surface area contributed by atoms with Crippen molar-refractivity contribution in [2.24, 2.45) is 4.99 Å². The zero-order valence-corrected chi connectivity index (χ0v) is 12.3. The lowest BCUT2D eigenvalue weighted by Crippen LogP contribution is -2.02. The van der Waals surface area contributed by atoms with E-state index in [4.69, 9.17) is 0 Å². The Hall–Kier alpha value is -2.56. The van der Waals surface area contributed by atoms with Crippen LogP contribution >= 0.6 is 11.3 Å². The van der Waals surface area contributed by atoms with Crippen LogP contribution in [0.4, 0.5) is 0 Å². The van der Waals surface area contributed by atoms with Crippen molar-refractivity contribution in [2.75, 3.05) is 0 Å². The summed E-state index contributed by atoms with van der Waals surface area (Å²) in [5.74, 6) is -1.12. The number of aliphatic hydroxyl groups is 1. The van der Waals surface area contributed by atoms with Gasteiger partial charge in [-0.2, -0.15) is 0 Å². The molecule has 2 aromatic rings. The number of aliphatic imine (C=N–C) groups is 1. The number of rotatable bonds is 3. The first kappa shape index (κ1) is 14.8. The number of nitrogens with zero attached hydrogens (tertiary/aromatic N) is 2. The van der Waals surface area contributed by atoms with E-state index in [0.717, 1.165) is 10.6 Å². The highest BCUT2D eigenvalue weighted by molar-refractivity contribution is 7.13. The fraction of sp³-hybridized carbons (Fsp3) is 0.133. The van der Waals surface area contributed by atoms with Gasteiger partial charge in [-0.3, -0.25) is 4.79 Å². The molecule has 0 bridgehead atoms. The number of aromatic nitrogens is 1. The van der Waals surface area contributed by atoms with Crippen LogP contribution in [0.5, 0.6) is 0 Å². The van der Waals surface area contributed by atoms with Gasteiger partial charge in [0.1, 0.15) is 16.3 Å². The predicted molar refractivity (Wildman–Crippen MR) is 80.6 cm³/mol. The van der Waals surface area contributed by atoms with Gasteiger partial charge in [0.25, 0.3) is 5.91 Å². The molecule has 21 heavy (non-hydrogen) atoms. The quantitative estimate of drug-likeness (QED) is 0.409. The van der Waals surface area contributed by atoms with E-state index in [1.807, 2.05) is 6.92 Å². The fourth-order valence-corrected chi connectivity index (χ4v) is 2.66. The molecule has 1 amide bonds. The van der Waals surface area contributed by atoms with Gasteiger partial charge in [0.05, 0.1) is 5.69 Å². The van der Waals surface area contributed by atoms with E-state index in [2.05, 4.69) is 9.98 Å². The molecule has 106 valence electrons. The average molecular weight is 300 g/mol. The molecular weight excluding hydrogens is 288 g/mol. The monoisotopic (exact) mass is 300 g/mol. The summed E-state index contributed by atoms with van der Waals surface area (Å²) in [7, 11) is 0. The van der Waals surface area contributed by atoms with E-state index >= 15 is 0 Å². The molecule has 1 aromatic carbocycles. The topological polar surface area (TPSA) is 79.6 Å². The lowest BCUT2D eigenvalue weighted by atomic mass is 10.1. The van der Waals surface area contributed by atoms with Crippen molar-refractivity contribution in [1.29, 1.82) is 0 Å².